The standard InChI is InChI=1S/C12H10BrNO2S/c1-2-16-12(15)10-7-14-11(17-10)8-5-3-4-6-9(8)13/h3-7H,2H2,1H3. The molecule has 1 aromatic carbocycles. The van der Waals surface area contributed by atoms with Crippen molar-refractivity contribution in [1.29, 1.82) is 0 Å². The van der Waals surface area contributed by atoms with Gasteiger partial charge in [-0.05, 0) is 13.0 Å². The zero-order chi connectivity index (χ0) is 12.3. The lowest BCUT2D eigenvalue weighted by Crippen LogP contribution is -2.01. The van der Waals surface area contributed by atoms with Crippen molar-refractivity contribution in [3.63, 3.8) is 0 Å². The molecular formula is C12H10BrNO2S. The van der Waals surface area contributed by atoms with Gasteiger partial charge in [-0.3, -0.25) is 0 Å². The fourth-order valence-electron chi connectivity index (χ4n) is 1.33. The molecule has 1 heterocycles. The predicted octanol–water partition coefficient (Wildman–Crippen LogP) is 3.75. The monoisotopic (exact) mass is 311 g/mol. The molecule has 1 aromatic heterocycles. The number of nitrogens with zero attached hydrogens (tertiary/aromatic N) is 1. The first-order chi connectivity index (χ1) is 8.22. The van der Waals surface area contributed by atoms with Crippen LogP contribution in [0.1, 0.15) is 16.6 Å². The van der Waals surface area contributed by atoms with Crippen LogP contribution < -0.4 is 0 Å². The van der Waals surface area contributed by atoms with E-state index in [0.29, 0.717) is 11.5 Å². The number of ether oxygens (including phenoxy) is 1. The fraction of sp³-hybridized carbons (Fsp3) is 0.167. The number of halogens is 1. The number of hydrogen-bond donors (Lipinski definition) is 0. The van der Waals surface area contributed by atoms with Gasteiger partial charge in [0.25, 0.3) is 0 Å². The van der Waals surface area contributed by atoms with Gasteiger partial charge < -0.3 is 4.74 Å². The van der Waals surface area contributed by atoms with E-state index in [4.69, 9.17) is 4.74 Å². The maximum Gasteiger partial charge on any atom is 0.349 e. The molecule has 0 atom stereocenters. The van der Waals surface area contributed by atoms with Crippen molar-refractivity contribution in [2.45, 2.75) is 6.92 Å². The highest BCUT2D eigenvalue weighted by Crippen LogP contribution is 2.31. The molecule has 0 saturated heterocycles. The zero-order valence-electron chi connectivity index (χ0n) is 9.14. The number of esters is 1. The average Bonchev–Trinajstić information content (AvgIpc) is 2.79. The number of aromatic nitrogens is 1. The summed E-state index contributed by atoms with van der Waals surface area (Å²) in [4.78, 5) is 16.3. The number of carbonyl (C=O) groups excluding carboxylic acids is 1. The Kier molecular flexibility index (Phi) is 3.91. The van der Waals surface area contributed by atoms with E-state index < -0.39 is 0 Å². The summed E-state index contributed by atoms with van der Waals surface area (Å²) < 4.78 is 5.89. The van der Waals surface area contributed by atoms with Crippen molar-refractivity contribution in [2.24, 2.45) is 0 Å². The molecule has 0 aliphatic carbocycles. The van der Waals surface area contributed by atoms with Gasteiger partial charge in [0.1, 0.15) is 9.88 Å². The van der Waals surface area contributed by atoms with E-state index in [1.165, 1.54) is 11.3 Å². The molecule has 0 aliphatic heterocycles. The van der Waals surface area contributed by atoms with Crippen LogP contribution in [0.4, 0.5) is 0 Å². The van der Waals surface area contributed by atoms with E-state index in [1.807, 2.05) is 24.3 Å². The smallest absolute Gasteiger partial charge is 0.349 e. The van der Waals surface area contributed by atoms with Gasteiger partial charge in [-0.2, -0.15) is 0 Å². The predicted molar refractivity (Wildman–Crippen MR) is 71.2 cm³/mol. The molecule has 0 radical (unpaired) electrons. The molecule has 3 nitrogen and oxygen atoms in total. The van der Waals surface area contributed by atoms with Gasteiger partial charge >= 0.3 is 5.97 Å². The first-order valence-electron chi connectivity index (χ1n) is 5.10. The van der Waals surface area contributed by atoms with Crippen molar-refractivity contribution >= 4 is 33.2 Å². The Morgan fingerprint density at radius 1 is 1.47 bits per heavy atom. The van der Waals surface area contributed by atoms with E-state index in [9.17, 15) is 4.79 Å². The summed E-state index contributed by atoms with van der Waals surface area (Å²) in [6.45, 7) is 2.16. The topological polar surface area (TPSA) is 39.2 Å². The zero-order valence-corrected chi connectivity index (χ0v) is 11.5. The van der Waals surface area contributed by atoms with Crippen molar-refractivity contribution < 1.29 is 9.53 Å². The van der Waals surface area contributed by atoms with Crippen LogP contribution in [-0.4, -0.2) is 17.6 Å². The van der Waals surface area contributed by atoms with Crippen LogP contribution in [0.2, 0.25) is 0 Å². The molecule has 0 aliphatic rings. The number of benzene rings is 1. The Hall–Kier alpha value is -1.20. The van der Waals surface area contributed by atoms with Gasteiger partial charge in [0, 0.05) is 10.0 Å². The van der Waals surface area contributed by atoms with Gasteiger partial charge in [-0.15, -0.1) is 11.3 Å². The Morgan fingerprint density at radius 2 is 2.24 bits per heavy atom. The molecule has 0 amide bonds. The minimum absolute atomic E-state index is 0.316. The number of carbonyl (C=O) groups is 1. The van der Waals surface area contributed by atoms with Gasteiger partial charge in [0.05, 0.1) is 12.8 Å². The molecule has 0 fully saturated rings. The van der Waals surface area contributed by atoms with Gasteiger partial charge in [0.15, 0.2) is 0 Å². The fourth-order valence-corrected chi connectivity index (χ4v) is 2.78. The van der Waals surface area contributed by atoms with Crippen LogP contribution in [0.5, 0.6) is 0 Å². The second kappa shape index (κ2) is 5.42. The van der Waals surface area contributed by atoms with Gasteiger partial charge in [-0.25, -0.2) is 9.78 Å². The lowest BCUT2D eigenvalue weighted by Gasteiger charge is -1.98. The molecule has 17 heavy (non-hydrogen) atoms. The molecule has 5 heteroatoms. The van der Waals surface area contributed by atoms with E-state index in [2.05, 4.69) is 20.9 Å². The summed E-state index contributed by atoms with van der Waals surface area (Å²) in [5.74, 6) is -0.316. The third-order valence-electron chi connectivity index (χ3n) is 2.09. The molecule has 2 aromatic rings. The molecular weight excluding hydrogens is 302 g/mol. The highest BCUT2D eigenvalue weighted by molar-refractivity contribution is 9.10. The highest BCUT2D eigenvalue weighted by atomic mass is 79.9. The Balaban J connectivity index is 2.30. The van der Waals surface area contributed by atoms with E-state index in [-0.39, 0.29) is 5.97 Å². The average molecular weight is 312 g/mol. The van der Waals surface area contributed by atoms with Crippen molar-refractivity contribution in [1.82, 2.24) is 4.98 Å². The third kappa shape index (κ3) is 2.73. The van der Waals surface area contributed by atoms with Crippen LogP contribution >= 0.6 is 27.3 Å². The molecule has 2 rings (SSSR count). The van der Waals surface area contributed by atoms with E-state index in [0.717, 1.165) is 15.0 Å². The Labute approximate surface area is 112 Å². The number of hydrogen-bond acceptors (Lipinski definition) is 4. The van der Waals surface area contributed by atoms with Gasteiger partial charge in [-0.1, -0.05) is 34.1 Å². The summed E-state index contributed by atoms with van der Waals surface area (Å²) in [5, 5.41) is 0.806. The first-order valence-corrected chi connectivity index (χ1v) is 6.71. The maximum atomic E-state index is 11.5. The summed E-state index contributed by atoms with van der Waals surface area (Å²) in [6, 6.07) is 7.78. The number of thiazole rings is 1. The van der Waals surface area contributed by atoms with Crippen LogP contribution in [0.25, 0.3) is 10.6 Å². The Morgan fingerprint density at radius 3 is 2.94 bits per heavy atom. The van der Waals surface area contributed by atoms with Crippen LogP contribution in [-0.2, 0) is 4.74 Å². The summed E-state index contributed by atoms with van der Waals surface area (Å²) in [5.41, 5.74) is 0.980. The van der Waals surface area contributed by atoms with E-state index in [1.54, 1.807) is 13.1 Å². The summed E-state index contributed by atoms with van der Waals surface area (Å²) in [7, 11) is 0. The first kappa shape index (κ1) is 12.3. The highest BCUT2D eigenvalue weighted by Gasteiger charge is 2.13. The molecule has 0 spiro atoms. The van der Waals surface area contributed by atoms with Crippen LogP contribution in [0.3, 0.4) is 0 Å². The minimum atomic E-state index is -0.316. The maximum absolute atomic E-state index is 11.5. The minimum Gasteiger partial charge on any atom is -0.462 e. The summed E-state index contributed by atoms with van der Waals surface area (Å²) >= 11 is 4.79. The van der Waals surface area contributed by atoms with Crippen molar-refractivity contribution in [3.05, 3.63) is 39.8 Å². The van der Waals surface area contributed by atoms with Crippen molar-refractivity contribution in [2.75, 3.05) is 6.61 Å². The molecule has 0 unspecified atom stereocenters. The Bertz CT molecular complexity index is 539. The van der Waals surface area contributed by atoms with Gasteiger partial charge in [0.2, 0.25) is 0 Å². The SMILES string of the molecule is CCOC(=O)c1cnc(-c2ccccc2Br)s1. The third-order valence-corrected chi connectivity index (χ3v) is 3.79. The van der Waals surface area contributed by atoms with Crippen molar-refractivity contribution in [3.8, 4) is 10.6 Å². The quantitative estimate of drug-likeness (QED) is 0.810. The summed E-state index contributed by atoms with van der Waals surface area (Å²) in [6.07, 6.45) is 1.55. The lowest BCUT2D eigenvalue weighted by atomic mass is 10.2. The van der Waals surface area contributed by atoms with Crippen LogP contribution in [0, 0.1) is 0 Å². The molecule has 88 valence electrons. The lowest BCUT2D eigenvalue weighted by molar-refractivity contribution is 0.0532. The molecule has 0 N–H and O–H groups in total. The van der Waals surface area contributed by atoms with Crippen LogP contribution in [0.15, 0.2) is 34.9 Å². The second-order valence-corrected chi connectivity index (χ2v) is 5.11. The largest absolute Gasteiger partial charge is 0.462 e. The molecule has 0 saturated carbocycles. The molecule has 0 bridgehead atoms. The second-order valence-electron chi connectivity index (χ2n) is 3.23. The number of rotatable bonds is 3. The van der Waals surface area contributed by atoms with E-state index >= 15 is 0 Å². The normalized spacial score (nSPS) is 10.2.